The lowest BCUT2D eigenvalue weighted by Crippen LogP contribution is -2.21. The Kier molecular flexibility index (Phi) is 7.26. The number of halogens is 4. The number of hydrogen-bond acceptors (Lipinski definition) is 5. The minimum Gasteiger partial charge on any atom is -0.494 e. The molecule has 8 nitrogen and oxygen atoms in total. The summed E-state index contributed by atoms with van der Waals surface area (Å²) in [7, 11) is 0. The third-order valence-electron chi connectivity index (χ3n) is 2.28. The van der Waals surface area contributed by atoms with Crippen molar-refractivity contribution in [1.29, 1.82) is 0 Å². The second-order valence-electron chi connectivity index (χ2n) is 3.87. The highest BCUT2D eigenvalue weighted by molar-refractivity contribution is 5.88. The van der Waals surface area contributed by atoms with Crippen LogP contribution < -0.4 is 16.2 Å². The van der Waals surface area contributed by atoms with Gasteiger partial charge in [0.2, 0.25) is 5.96 Å². The molecule has 1 aromatic carbocycles. The van der Waals surface area contributed by atoms with Crippen molar-refractivity contribution in [3.8, 4) is 5.75 Å². The lowest BCUT2D eigenvalue weighted by molar-refractivity contribution is -0.388. The van der Waals surface area contributed by atoms with Crippen LogP contribution in [0.5, 0.6) is 5.75 Å². The van der Waals surface area contributed by atoms with E-state index in [9.17, 15) is 23.3 Å². The standard InChI is InChI=1S/C11H12F3N5O3.ClH/c1-2-22-7-3-6(5-17-18-10(15)16)9(19(20)21)8(4-7)11(12,13)14;/h3-5H,2H2,1H3,(H4,15,16,18);1H. The van der Waals surface area contributed by atoms with Gasteiger partial charge in [-0.05, 0) is 19.1 Å². The quantitative estimate of drug-likeness (QED) is 0.361. The lowest BCUT2D eigenvalue weighted by Gasteiger charge is -2.12. The van der Waals surface area contributed by atoms with Gasteiger partial charge in [-0.3, -0.25) is 10.1 Å². The molecule has 0 aliphatic carbocycles. The Morgan fingerprint density at radius 3 is 2.48 bits per heavy atom. The van der Waals surface area contributed by atoms with E-state index in [0.29, 0.717) is 6.07 Å². The van der Waals surface area contributed by atoms with E-state index in [2.05, 4.69) is 10.2 Å². The van der Waals surface area contributed by atoms with Gasteiger partial charge in [-0.25, -0.2) is 0 Å². The van der Waals surface area contributed by atoms with Crippen LogP contribution in [-0.2, 0) is 6.18 Å². The van der Waals surface area contributed by atoms with E-state index in [1.807, 2.05) is 0 Å². The van der Waals surface area contributed by atoms with Crippen molar-refractivity contribution >= 4 is 30.3 Å². The van der Waals surface area contributed by atoms with E-state index in [1.165, 1.54) is 0 Å². The third-order valence-corrected chi connectivity index (χ3v) is 2.28. The number of ether oxygens (including phenoxy) is 1. The average Bonchev–Trinajstić information content (AvgIpc) is 2.36. The lowest BCUT2D eigenvalue weighted by atomic mass is 10.1. The van der Waals surface area contributed by atoms with Crippen LogP contribution in [0.25, 0.3) is 0 Å². The van der Waals surface area contributed by atoms with Crippen LogP contribution in [0.15, 0.2) is 22.3 Å². The second-order valence-corrected chi connectivity index (χ2v) is 3.87. The largest absolute Gasteiger partial charge is 0.494 e. The van der Waals surface area contributed by atoms with E-state index in [0.717, 1.165) is 12.3 Å². The van der Waals surface area contributed by atoms with Gasteiger partial charge in [0.15, 0.2) is 0 Å². The molecule has 0 aliphatic heterocycles. The maximum absolute atomic E-state index is 13.0. The van der Waals surface area contributed by atoms with Gasteiger partial charge in [0.05, 0.1) is 23.3 Å². The van der Waals surface area contributed by atoms with Gasteiger partial charge < -0.3 is 16.2 Å². The molecular formula is C11H13ClF3N5O3. The Hall–Kier alpha value is -2.56. The van der Waals surface area contributed by atoms with Crippen LogP contribution in [0, 0.1) is 10.1 Å². The molecule has 0 fully saturated rings. The topological polar surface area (TPSA) is 129 Å². The van der Waals surface area contributed by atoms with Crippen molar-refractivity contribution in [3.63, 3.8) is 0 Å². The molecule has 0 unspecified atom stereocenters. The van der Waals surface area contributed by atoms with Crippen LogP contribution in [-0.4, -0.2) is 23.7 Å². The summed E-state index contributed by atoms with van der Waals surface area (Å²) in [5, 5.41) is 17.5. The second kappa shape index (κ2) is 8.17. The summed E-state index contributed by atoms with van der Waals surface area (Å²) in [6.07, 6.45) is -4.19. The summed E-state index contributed by atoms with van der Waals surface area (Å²) >= 11 is 0. The van der Waals surface area contributed by atoms with Gasteiger partial charge in [-0.2, -0.15) is 18.3 Å². The fraction of sp³-hybridized carbons (Fsp3) is 0.273. The Balaban J connectivity index is 0.00000484. The molecule has 0 aliphatic rings. The van der Waals surface area contributed by atoms with Gasteiger partial charge in [0.1, 0.15) is 11.3 Å². The minimum absolute atomic E-state index is 0. The number of nitro groups is 1. The van der Waals surface area contributed by atoms with Crippen molar-refractivity contribution in [2.24, 2.45) is 21.7 Å². The molecule has 0 aromatic heterocycles. The van der Waals surface area contributed by atoms with E-state index in [-0.39, 0.29) is 24.8 Å². The maximum atomic E-state index is 13.0. The summed E-state index contributed by atoms with van der Waals surface area (Å²) in [5.74, 6) is -0.637. The first kappa shape index (κ1) is 20.4. The Morgan fingerprint density at radius 1 is 1.43 bits per heavy atom. The van der Waals surface area contributed by atoms with Crippen molar-refractivity contribution in [1.82, 2.24) is 0 Å². The van der Waals surface area contributed by atoms with Crippen molar-refractivity contribution < 1.29 is 22.8 Å². The molecule has 0 bridgehead atoms. The Morgan fingerprint density at radius 2 is 2.04 bits per heavy atom. The zero-order valence-corrected chi connectivity index (χ0v) is 12.5. The predicted octanol–water partition coefficient (Wildman–Crippen LogP) is 2.04. The van der Waals surface area contributed by atoms with Crippen molar-refractivity contribution in [3.05, 3.63) is 33.4 Å². The van der Waals surface area contributed by atoms with Crippen molar-refractivity contribution in [2.45, 2.75) is 13.1 Å². The molecule has 0 saturated carbocycles. The zero-order valence-electron chi connectivity index (χ0n) is 11.7. The normalized spacial score (nSPS) is 11.0. The predicted molar refractivity (Wildman–Crippen MR) is 79.9 cm³/mol. The summed E-state index contributed by atoms with van der Waals surface area (Å²) in [4.78, 5) is 9.82. The molecule has 12 heteroatoms. The number of guanidine groups is 1. The number of alkyl halides is 3. The molecule has 0 spiro atoms. The van der Waals surface area contributed by atoms with E-state index in [4.69, 9.17) is 16.2 Å². The molecule has 0 amide bonds. The van der Waals surface area contributed by atoms with E-state index >= 15 is 0 Å². The summed E-state index contributed by atoms with van der Waals surface area (Å²) in [5.41, 5.74) is 6.97. The fourth-order valence-corrected chi connectivity index (χ4v) is 1.56. The van der Waals surface area contributed by atoms with Crippen LogP contribution in [0.2, 0.25) is 0 Å². The van der Waals surface area contributed by atoms with Gasteiger partial charge in [-0.15, -0.1) is 17.5 Å². The summed E-state index contributed by atoms with van der Waals surface area (Å²) in [6, 6.07) is 1.60. The minimum atomic E-state index is -4.94. The third kappa shape index (κ3) is 5.62. The number of rotatable bonds is 5. The van der Waals surface area contributed by atoms with Crippen LogP contribution >= 0.6 is 12.4 Å². The Labute approximate surface area is 134 Å². The molecular weight excluding hydrogens is 343 g/mol. The molecule has 23 heavy (non-hydrogen) atoms. The molecule has 128 valence electrons. The monoisotopic (exact) mass is 355 g/mol. The van der Waals surface area contributed by atoms with E-state index < -0.39 is 33.9 Å². The number of nitrogens with zero attached hydrogens (tertiary/aromatic N) is 3. The average molecular weight is 356 g/mol. The van der Waals surface area contributed by atoms with Gasteiger partial charge in [0, 0.05) is 0 Å². The number of benzene rings is 1. The molecule has 0 radical (unpaired) electrons. The first-order valence-corrected chi connectivity index (χ1v) is 5.81. The number of nitro benzene ring substituents is 1. The fourth-order valence-electron chi connectivity index (χ4n) is 1.56. The molecule has 0 saturated heterocycles. The van der Waals surface area contributed by atoms with E-state index in [1.54, 1.807) is 6.92 Å². The molecule has 0 atom stereocenters. The molecule has 1 aromatic rings. The first-order chi connectivity index (χ1) is 10.2. The maximum Gasteiger partial charge on any atom is 0.423 e. The molecule has 0 heterocycles. The van der Waals surface area contributed by atoms with Gasteiger partial charge >= 0.3 is 6.18 Å². The molecule has 1 rings (SSSR count). The summed E-state index contributed by atoms with van der Waals surface area (Å²) < 4.78 is 43.9. The molecule has 4 N–H and O–H groups in total. The smallest absolute Gasteiger partial charge is 0.423 e. The van der Waals surface area contributed by atoms with Crippen LogP contribution in [0.4, 0.5) is 18.9 Å². The van der Waals surface area contributed by atoms with Crippen molar-refractivity contribution in [2.75, 3.05) is 6.61 Å². The number of hydrogen-bond donors (Lipinski definition) is 2. The number of nitrogens with two attached hydrogens (primary N) is 2. The highest BCUT2D eigenvalue weighted by Crippen LogP contribution is 2.40. The Bertz CT molecular complexity index is 630. The SMILES string of the molecule is CCOc1cc(C=NN=C(N)N)c([N+](=O)[O-])c(C(F)(F)F)c1.Cl. The zero-order chi connectivity index (χ0) is 16.9. The first-order valence-electron chi connectivity index (χ1n) is 5.81. The highest BCUT2D eigenvalue weighted by Gasteiger charge is 2.40. The van der Waals surface area contributed by atoms with Crippen LogP contribution in [0.3, 0.4) is 0 Å². The highest BCUT2D eigenvalue weighted by atomic mass is 35.5. The van der Waals surface area contributed by atoms with Gasteiger partial charge in [0.25, 0.3) is 5.69 Å². The van der Waals surface area contributed by atoms with Crippen LogP contribution in [0.1, 0.15) is 18.1 Å². The summed E-state index contributed by atoms with van der Waals surface area (Å²) in [6.45, 7) is 1.64. The van der Waals surface area contributed by atoms with Gasteiger partial charge in [-0.1, -0.05) is 0 Å².